The van der Waals surface area contributed by atoms with Gasteiger partial charge in [-0.3, -0.25) is 0 Å². The molecule has 412 valence electrons. The highest BCUT2D eigenvalue weighted by Crippen LogP contribution is 2.42. The molecule has 10 atom stereocenters. The average Bonchev–Trinajstić information content (AvgIpc) is 4.02. The van der Waals surface area contributed by atoms with E-state index >= 15 is 0 Å². The molecule has 2 aromatic rings. The molecule has 4 fully saturated rings. The van der Waals surface area contributed by atoms with Gasteiger partial charge in [-0.25, -0.2) is 0 Å². The van der Waals surface area contributed by atoms with E-state index in [-0.39, 0.29) is 55.4 Å². The minimum Gasteiger partial charge on any atom is -0.424 e. The lowest BCUT2D eigenvalue weighted by Crippen LogP contribution is -2.48. The fourth-order valence-electron chi connectivity index (χ4n) is 9.28. The number of fused-ring (bicyclic) bond motifs is 1. The minimum absolute atomic E-state index is 0.0478. The maximum absolute atomic E-state index is 10.1. The molecule has 2 unspecified atom stereocenters. The van der Waals surface area contributed by atoms with E-state index in [1.807, 2.05) is 107 Å². The van der Waals surface area contributed by atoms with Crippen molar-refractivity contribution < 1.29 is 84.3 Å². The van der Waals surface area contributed by atoms with Crippen molar-refractivity contribution >= 4 is 38.6 Å². The van der Waals surface area contributed by atoms with Crippen LogP contribution in [0.15, 0.2) is 48.5 Å². The Labute approximate surface area is 436 Å². The van der Waals surface area contributed by atoms with E-state index in [4.69, 9.17) is 68.9 Å². The second-order valence-electron chi connectivity index (χ2n) is 21.0. The predicted octanol–water partition coefficient (Wildman–Crippen LogP) is 3.64. The Bertz CT molecular complexity index is 1860. The van der Waals surface area contributed by atoms with Crippen molar-refractivity contribution in [2.45, 2.75) is 231 Å². The topological polar surface area (TPSA) is 210 Å². The van der Waals surface area contributed by atoms with E-state index in [1.165, 1.54) is 5.56 Å². The van der Waals surface area contributed by atoms with Gasteiger partial charge in [0.2, 0.25) is 0 Å². The van der Waals surface area contributed by atoms with Gasteiger partial charge >= 0.3 is 17.6 Å². The lowest BCUT2D eigenvalue weighted by atomic mass is 10.1. The highest BCUT2D eigenvalue weighted by atomic mass is 28.4. The van der Waals surface area contributed by atoms with E-state index in [0.717, 1.165) is 54.5 Å². The van der Waals surface area contributed by atoms with Crippen LogP contribution < -0.4 is 0 Å². The van der Waals surface area contributed by atoms with Crippen LogP contribution in [-0.4, -0.2) is 170 Å². The summed E-state index contributed by atoms with van der Waals surface area (Å²) in [5, 5.41) is 38.8. The Morgan fingerprint density at radius 2 is 1.06 bits per heavy atom. The SMILES string of the molecule is CC(C)O[Si](CCCc1ccc(CO[C@@H]2[C@@H](O)[C@@H](O)O[C@@H]2C(O)CO)cc1)(O[SiH3])OC(C)C.CC(C)O[Si](CCCc1ccc(CO[C@@H]2[C@H]3OC(C)(C)O[C@H]3O[C@@H]2C2COC(C)(C)O2)cc1)(O[SiH3])OC(C)C. The molecule has 22 heteroatoms. The first kappa shape index (κ1) is 61.4. The zero-order valence-electron chi connectivity index (χ0n) is 45.3. The van der Waals surface area contributed by atoms with Crippen LogP contribution in [0.25, 0.3) is 0 Å². The molecule has 4 heterocycles. The summed E-state index contributed by atoms with van der Waals surface area (Å²) in [7, 11) is -4.15. The third-order valence-corrected chi connectivity index (χ3v) is 22.6. The molecule has 6 rings (SSSR count). The molecule has 0 saturated carbocycles. The van der Waals surface area contributed by atoms with Gasteiger partial charge < -0.3 is 84.3 Å². The zero-order chi connectivity index (χ0) is 53.0. The van der Waals surface area contributed by atoms with Crippen LogP contribution in [0.5, 0.6) is 0 Å². The number of ether oxygens (including phenoxy) is 8. The normalized spacial score (nSPS) is 27.6. The van der Waals surface area contributed by atoms with Gasteiger partial charge in [0.05, 0.1) is 26.4 Å². The average molecular weight is 1090 g/mol. The van der Waals surface area contributed by atoms with Gasteiger partial charge in [0.1, 0.15) is 69.8 Å². The Hall–Kier alpha value is -1.41. The predicted molar refractivity (Wildman–Crippen MR) is 278 cm³/mol. The second-order valence-corrected chi connectivity index (χ2v) is 28.9. The molecular weight excluding hydrogens is 1000 g/mol. The van der Waals surface area contributed by atoms with Gasteiger partial charge in [0.15, 0.2) is 24.2 Å². The summed E-state index contributed by atoms with van der Waals surface area (Å²) in [5.74, 6) is -1.37. The maximum Gasteiger partial charge on any atom is 0.490 e. The number of hydrogen-bond donors (Lipinski definition) is 4. The molecule has 0 aromatic heterocycles. The Balaban J connectivity index is 0.000000272. The van der Waals surface area contributed by atoms with Crippen LogP contribution in [0.3, 0.4) is 0 Å². The molecule has 0 bridgehead atoms. The Morgan fingerprint density at radius 1 is 0.611 bits per heavy atom. The molecule has 18 nitrogen and oxygen atoms in total. The van der Waals surface area contributed by atoms with Crippen LogP contribution in [0, 0.1) is 0 Å². The summed E-state index contributed by atoms with van der Waals surface area (Å²) < 4.78 is 84.0. The molecule has 0 aliphatic carbocycles. The fraction of sp³-hybridized carbons (Fsp3) is 0.760. The van der Waals surface area contributed by atoms with Crippen molar-refractivity contribution in [1.29, 1.82) is 0 Å². The van der Waals surface area contributed by atoms with Crippen molar-refractivity contribution in [2.75, 3.05) is 13.2 Å². The van der Waals surface area contributed by atoms with Crippen molar-refractivity contribution in [1.82, 2.24) is 0 Å². The third-order valence-electron chi connectivity index (χ3n) is 12.3. The van der Waals surface area contributed by atoms with Crippen LogP contribution in [-0.2, 0) is 89.9 Å². The number of hydrogen-bond acceptors (Lipinski definition) is 18. The monoisotopic (exact) mass is 1090 g/mol. The first-order valence-corrected chi connectivity index (χ1v) is 31.2. The van der Waals surface area contributed by atoms with E-state index < -0.39 is 72.8 Å². The quantitative estimate of drug-likeness (QED) is 0.0942. The van der Waals surface area contributed by atoms with Crippen LogP contribution in [0.4, 0.5) is 0 Å². The molecule has 0 radical (unpaired) electrons. The summed E-state index contributed by atoms with van der Waals surface area (Å²) in [5.41, 5.74) is 4.39. The second kappa shape index (κ2) is 27.8. The highest BCUT2D eigenvalue weighted by Gasteiger charge is 2.59. The molecular formula is C50H88O18Si4. The maximum atomic E-state index is 10.1. The van der Waals surface area contributed by atoms with E-state index in [2.05, 4.69) is 24.3 Å². The largest absolute Gasteiger partial charge is 0.490 e. The summed E-state index contributed by atoms with van der Waals surface area (Å²) >= 11 is 0. The van der Waals surface area contributed by atoms with Crippen molar-refractivity contribution in [2.24, 2.45) is 0 Å². The summed E-state index contributed by atoms with van der Waals surface area (Å²) in [6.07, 6.45) is -3.85. The van der Waals surface area contributed by atoms with Crippen molar-refractivity contribution in [3.05, 3.63) is 70.8 Å². The summed E-state index contributed by atoms with van der Waals surface area (Å²) in [4.78, 5) is 0. The first-order valence-electron chi connectivity index (χ1n) is 25.7. The van der Waals surface area contributed by atoms with Crippen LogP contribution >= 0.6 is 0 Å². The lowest BCUT2D eigenvalue weighted by molar-refractivity contribution is -0.236. The smallest absolute Gasteiger partial charge is 0.424 e. The van der Waals surface area contributed by atoms with Gasteiger partial charge in [-0.2, -0.15) is 0 Å². The van der Waals surface area contributed by atoms with Gasteiger partial charge in [0.25, 0.3) is 0 Å². The third kappa shape index (κ3) is 18.1. The summed E-state index contributed by atoms with van der Waals surface area (Å²) in [6.45, 7) is 24.2. The molecule has 4 N–H and O–H groups in total. The first-order chi connectivity index (χ1) is 33.9. The number of benzene rings is 2. The number of aryl methyl sites for hydroxylation is 2. The van der Waals surface area contributed by atoms with Gasteiger partial charge in [-0.1, -0.05) is 48.5 Å². The molecule has 4 aliphatic heterocycles. The Morgan fingerprint density at radius 3 is 1.46 bits per heavy atom. The zero-order valence-corrected chi connectivity index (χ0v) is 51.3. The number of aliphatic hydroxyl groups is 4. The number of rotatable bonds is 27. The van der Waals surface area contributed by atoms with Crippen LogP contribution in [0.2, 0.25) is 12.1 Å². The molecule has 4 saturated heterocycles. The number of aliphatic hydroxyl groups excluding tert-OH is 4. The van der Waals surface area contributed by atoms with Crippen molar-refractivity contribution in [3.8, 4) is 0 Å². The molecule has 0 amide bonds. The van der Waals surface area contributed by atoms with E-state index in [9.17, 15) is 15.3 Å². The lowest BCUT2D eigenvalue weighted by Gasteiger charge is -2.32. The van der Waals surface area contributed by atoms with E-state index in [1.54, 1.807) is 0 Å². The van der Waals surface area contributed by atoms with Gasteiger partial charge in [0, 0.05) is 36.5 Å². The summed E-state index contributed by atoms with van der Waals surface area (Å²) in [6, 6.07) is 18.1. The Kier molecular flexibility index (Phi) is 23.7. The highest BCUT2D eigenvalue weighted by molar-refractivity contribution is 6.64. The van der Waals surface area contributed by atoms with Crippen LogP contribution in [0.1, 0.15) is 118 Å². The van der Waals surface area contributed by atoms with E-state index in [0.29, 0.717) is 34.2 Å². The molecule has 72 heavy (non-hydrogen) atoms. The standard InChI is InChI=1S/C28H48O9Si2.C22H40O9Si2/c1-18(2)35-39(37-38,36-19(3)4)15-9-10-20-11-13-21(14-12-20)16-29-24-23(22-17-30-27(5,6)32-22)31-26-25(24)33-28(7,8)34-26;1-14(2)29-33(31-32,30-15(3)4)11-5-6-16-7-9-17(10-8-16)13-27-21-19(25)22(26)28-20(21)18(24)12-23/h11-14,18-19,22-26H,9-10,15-17H2,1-8,38H3;7-10,14-15,18-26H,5-6,11-13H2,1-4,32H3/t22?,23-,24+,25-,26-;18?,19-,20-,21-,22+/m11/s1. The molecule has 4 aliphatic rings. The van der Waals surface area contributed by atoms with Gasteiger partial charge in [-0.15, -0.1) is 0 Å². The van der Waals surface area contributed by atoms with Crippen molar-refractivity contribution in [3.63, 3.8) is 0 Å². The fourth-order valence-corrected chi connectivity index (χ4v) is 17.1. The minimum atomic E-state index is -2.67. The molecule has 2 aromatic carbocycles. The van der Waals surface area contributed by atoms with Gasteiger partial charge in [-0.05, 0) is 131 Å². The molecule has 0 spiro atoms.